The van der Waals surface area contributed by atoms with Crippen molar-refractivity contribution < 1.29 is 19.1 Å². The van der Waals surface area contributed by atoms with Gasteiger partial charge in [0.05, 0.1) is 0 Å². The Morgan fingerprint density at radius 2 is 1.54 bits per heavy atom. The number of amides is 3. The van der Waals surface area contributed by atoms with E-state index in [4.69, 9.17) is 4.74 Å². The van der Waals surface area contributed by atoms with E-state index in [1.54, 1.807) is 37.4 Å². The fourth-order valence-electron chi connectivity index (χ4n) is 3.96. The molecule has 2 N–H and O–H groups in total. The molecule has 1 aromatic rings. The fourth-order valence-corrected chi connectivity index (χ4v) is 4.43. The van der Waals surface area contributed by atoms with Crippen LogP contribution in [0.4, 0.5) is 4.79 Å². The molecular weight excluding hydrogens is 462 g/mol. The van der Waals surface area contributed by atoms with Crippen molar-refractivity contribution in [3.63, 3.8) is 0 Å². The lowest BCUT2D eigenvalue weighted by Gasteiger charge is -2.44. The van der Waals surface area contributed by atoms with E-state index >= 15 is 0 Å². The molecule has 0 heterocycles. The first-order chi connectivity index (χ1) is 16.0. The molecule has 1 rings (SSSR count). The molecule has 1 aromatic carbocycles. The van der Waals surface area contributed by atoms with Crippen LogP contribution < -0.4 is 10.6 Å². The normalized spacial score (nSPS) is 13.7. The van der Waals surface area contributed by atoms with Crippen molar-refractivity contribution in [3.05, 3.63) is 34.9 Å². The molecule has 198 valence electrons. The Balaban J connectivity index is 3.63. The van der Waals surface area contributed by atoms with Gasteiger partial charge in [-0.1, -0.05) is 18.2 Å². The summed E-state index contributed by atoms with van der Waals surface area (Å²) in [4.78, 5) is 42.1. The molecule has 0 aromatic heterocycles. The first kappa shape index (κ1) is 30.8. The number of rotatable bonds is 9. The number of nitrogens with zero attached hydrogens (tertiary/aromatic N) is 1. The molecule has 0 fully saturated rings. The van der Waals surface area contributed by atoms with Crippen molar-refractivity contribution in [2.45, 2.75) is 105 Å². The summed E-state index contributed by atoms with van der Waals surface area (Å²) in [5.41, 5.74) is 1.25. The van der Waals surface area contributed by atoms with Crippen LogP contribution in [0.3, 0.4) is 0 Å². The molecule has 0 aliphatic heterocycles. The molecule has 0 aliphatic rings. The number of carbonyl (C=O) groups excluding carboxylic acids is 3. The van der Waals surface area contributed by atoms with Crippen LogP contribution in [0.5, 0.6) is 0 Å². The molecule has 0 saturated carbocycles. The lowest BCUT2D eigenvalue weighted by molar-refractivity contribution is -0.148. The molecule has 35 heavy (non-hydrogen) atoms. The Bertz CT molecular complexity index is 867. The third-order valence-corrected chi connectivity index (χ3v) is 5.96. The summed E-state index contributed by atoms with van der Waals surface area (Å²) in [6, 6.07) is 4.05. The highest BCUT2D eigenvalue weighted by atomic mass is 32.2. The smallest absolute Gasteiger partial charge is 0.408 e. The molecule has 0 aliphatic carbocycles. The zero-order valence-corrected chi connectivity index (χ0v) is 24.2. The largest absolute Gasteiger partial charge is 0.444 e. The second-order valence-electron chi connectivity index (χ2n) is 11.2. The van der Waals surface area contributed by atoms with Gasteiger partial charge in [-0.25, -0.2) is 4.79 Å². The number of carbonyl (C=O) groups is 3. The van der Waals surface area contributed by atoms with Crippen molar-refractivity contribution in [2.75, 3.05) is 12.0 Å². The van der Waals surface area contributed by atoms with Crippen LogP contribution >= 0.6 is 11.8 Å². The maximum absolute atomic E-state index is 14.2. The Morgan fingerprint density at radius 1 is 1.00 bits per heavy atom. The number of thioether (sulfide) groups is 1. The van der Waals surface area contributed by atoms with Gasteiger partial charge in [0.2, 0.25) is 11.8 Å². The minimum atomic E-state index is -0.858. The maximum Gasteiger partial charge on any atom is 0.408 e. The van der Waals surface area contributed by atoms with Gasteiger partial charge in [0.25, 0.3) is 0 Å². The van der Waals surface area contributed by atoms with Crippen LogP contribution in [0.1, 0.15) is 84.5 Å². The van der Waals surface area contributed by atoms with E-state index in [9.17, 15) is 14.4 Å². The zero-order valence-electron chi connectivity index (χ0n) is 23.4. The SMILES string of the molecule is CSCCC(NC(=O)OC(C)(C)C)C(=O)N(C(C(=O)NC(C)C)c1c(C)cccc1C)C(C)(C)C. The summed E-state index contributed by atoms with van der Waals surface area (Å²) >= 11 is 1.59. The molecule has 0 bridgehead atoms. The molecule has 2 unspecified atom stereocenters. The lowest BCUT2D eigenvalue weighted by atomic mass is 9.90. The third-order valence-electron chi connectivity index (χ3n) is 5.31. The average molecular weight is 508 g/mol. The summed E-state index contributed by atoms with van der Waals surface area (Å²) in [7, 11) is 0. The average Bonchev–Trinajstić information content (AvgIpc) is 2.66. The molecule has 7 nitrogen and oxygen atoms in total. The number of alkyl carbamates (subject to hydrolysis) is 1. The summed E-state index contributed by atoms with van der Waals surface area (Å²) in [5, 5.41) is 5.79. The number of hydrogen-bond acceptors (Lipinski definition) is 5. The van der Waals surface area contributed by atoms with Gasteiger partial charge in [-0.05, 0) is 104 Å². The van der Waals surface area contributed by atoms with Crippen molar-refractivity contribution in [2.24, 2.45) is 0 Å². The molecule has 8 heteroatoms. The topological polar surface area (TPSA) is 87.7 Å². The molecule has 0 spiro atoms. The van der Waals surface area contributed by atoms with Gasteiger partial charge in [-0.2, -0.15) is 11.8 Å². The van der Waals surface area contributed by atoms with E-state index in [0.29, 0.717) is 12.2 Å². The van der Waals surface area contributed by atoms with Gasteiger partial charge >= 0.3 is 6.09 Å². The predicted octanol–water partition coefficient (Wildman–Crippen LogP) is 5.14. The number of benzene rings is 1. The Kier molecular flexibility index (Phi) is 11.1. The molecule has 2 atom stereocenters. The van der Waals surface area contributed by atoms with E-state index in [-0.39, 0.29) is 17.9 Å². The second-order valence-corrected chi connectivity index (χ2v) is 12.2. The zero-order chi connectivity index (χ0) is 27.1. The summed E-state index contributed by atoms with van der Waals surface area (Å²) < 4.78 is 5.44. The van der Waals surface area contributed by atoms with E-state index in [1.165, 1.54) is 0 Å². The number of nitrogens with one attached hydrogen (secondary N) is 2. The first-order valence-electron chi connectivity index (χ1n) is 12.2. The van der Waals surface area contributed by atoms with Crippen molar-refractivity contribution in [1.29, 1.82) is 0 Å². The number of hydrogen-bond donors (Lipinski definition) is 2. The maximum atomic E-state index is 14.2. The van der Waals surface area contributed by atoms with Gasteiger partial charge in [-0.3, -0.25) is 9.59 Å². The third kappa shape index (κ3) is 9.39. The van der Waals surface area contributed by atoms with Crippen molar-refractivity contribution in [1.82, 2.24) is 15.5 Å². The highest BCUT2D eigenvalue weighted by Gasteiger charge is 2.42. The highest BCUT2D eigenvalue weighted by Crippen LogP contribution is 2.34. The standard InChI is InChI=1S/C27H45N3O4S/c1-17(2)28-23(31)22(21-18(3)13-12-14-19(21)4)30(26(5,6)7)24(32)20(15-16-35-11)29-25(33)34-27(8,9)10/h12-14,17,20,22H,15-16H2,1-11H3,(H,28,31)(H,29,33). The Labute approximate surface area is 216 Å². The van der Waals surface area contributed by atoms with Gasteiger partial charge in [0.15, 0.2) is 0 Å². The van der Waals surface area contributed by atoms with Gasteiger partial charge in [0, 0.05) is 11.6 Å². The monoisotopic (exact) mass is 507 g/mol. The van der Waals surface area contributed by atoms with Gasteiger partial charge < -0.3 is 20.3 Å². The Hall–Kier alpha value is -2.22. The number of aryl methyl sites for hydroxylation is 2. The van der Waals surface area contributed by atoms with Crippen LogP contribution in [-0.4, -0.2) is 58.0 Å². The van der Waals surface area contributed by atoms with Crippen LogP contribution in [0, 0.1) is 13.8 Å². The second kappa shape index (κ2) is 12.7. The fraction of sp³-hybridized carbons (Fsp3) is 0.667. The number of ether oxygens (including phenoxy) is 1. The summed E-state index contributed by atoms with van der Waals surface area (Å²) in [5.74, 6) is 0.0988. The summed E-state index contributed by atoms with van der Waals surface area (Å²) in [6.07, 6.45) is 1.71. The molecular formula is C27H45N3O4S. The van der Waals surface area contributed by atoms with E-state index in [2.05, 4.69) is 10.6 Å². The van der Waals surface area contributed by atoms with Crippen LogP contribution in [0.15, 0.2) is 18.2 Å². The van der Waals surface area contributed by atoms with Crippen LogP contribution in [0.2, 0.25) is 0 Å². The predicted molar refractivity (Wildman–Crippen MR) is 145 cm³/mol. The van der Waals surface area contributed by atoms with Gasteiger partial charge in [-0.15, -0.1) is 0 Å². The minimum Gasteiger partial charge on any atom is -0.444 e. The molecule has 3 amide bonds. The lowest BCUT2D eigenvalue weighted by Crippen LogP contribution is -2.59. The Morgan fingerprint density at radius 3 is 1.97 bits per heavy atom. The van der Waals surface area contributed by atoms with Crippen molar-refractivity contribution in [3.8, 4) is 0 Å². The quantitative estimate of drug-likeness (QED) is 0.483. The van der Waals surface area contributed by atoms with E-state index in [0.717, 1.165) is 16.7 Å². The minimum absolute atomic E-state index is 0.0987. The van der Waals surface area contributed by atoms with E-state index in [1.807, 2.05) is 72.9 Å². The van der Waals surface area contributed by atoms with Crippen LogP contribution in [-0.2, 0) is 14.3 Å². The first-order valence-corrected chi connectivity index (χ1v) is 13.6. The van der Waals surface area contributed by atoms with Crippen LogP contribution in [0.25, 0.3) is 0 Å². The van der Waals surface area contributed by atoms with E-state index < -0.39 is 29.3 Å². The highest BCUT2D eigenvalue weighted by molar-refractivity contribution is 7.98. The van der Waals surface area contributed by atoms with Gasteiger partial charge in [0.1, 0.15) is 17.7 Å². The molecule has 0 saturated heterocycles. The molecule has 0 radical (unpaired) electrons. The summed E-state index contributed by atoms with van der Waals surface area (Å²) in [6.45, 7) is 18.8. The van der Waals surface area contributed by atoms with Crippen molar-refractivity contribution >= 4 is 29.7 Å².